The number of benzene rings is 1. The smallest absolute Gasteiger partial charge is 0.236 e. The summed E-state index contributed by atoms with van der Waals surface area (Å²) >= 11 is 0. The SMILES string of the molecule is O=S(=O)(/C=C/c1ccccc1)N1CCC(Oc2ccncc2)C1. The fraction of sp³-hybridized carbons (Fsp3) is 0.235. The standard InChI is InChI=1S/C17H18N2O3S/c20-23(21,13-9-15-4-2-1-3-5-15)19-12-8-17(14-19)22-16-6-10-18-11-7-16/h1-7,9-11,13,17H,8,12,14H2/b13-9+. The number of pyridine rings is 1. The van der Waals surface area contributed by atoms with E-state index >= 15 is 0 Å². The quantitative estimate of drug-likeness (QED) is 0.845. The molecule has 1 atom stereocenters. The van der Waals surface area contributed by atoms with E-state index < -0.39 is 10.0 Å². The Labute approximate surface area is 136 Å². The summed E-state index contributed by atoms with van der Waals surface area (Å²) in [5, 5.41) is 1.26. The van der Waals surface area contributed by atoms with Gasteiger partial charge in [-0.3, -0.25) is 4.98 Å². The summed E-state index contributed by atoms with van der Waals surface area (Å²) in [5.74, 6) is 0.712. The molecule has 2 aromatic rings. The number of aromatic nitrogens is 1. The van der Waals surface area contributed by atoms with Gasteiger partial charge in [0.1, 0.15) is 11.9 Å². The molecule has 0 aliphatic carbocycles. The zero-order valence-corrected chi connectivity index (χ0v) is 13.4. The van der Waals surface area contributed by atoms with Crippen molar-refractivity contribution in [1.82, 2.24) is 9.29 Å². The number of ether oxygens (including phenoxy) is 1. The van der Waals surface area contributed by atoms with Crippen LogP contribution in [0.25, 0.3) is 6.08 Å². The molecule has 0 saturated carbocycles. The van der Waals surface area contributed by atoms with Crippen molar-refractivity contribution in [1.29, 1.82) is 0 Å². The molecule has 0 N–H and O–H groups in total. The van der Waals surface area contributed by atoms with Gasteiger partial charge in [-0.1, -0.05) is 30.3 Å². The first kappa shape index (κ1) is 15.7. The highest BCUT2D eigenvalue weighted by molar-refractivity contribution is 7.92. The van der Waals surface area contributed by atoms with Crippen LogP contribution in [-0.2, 0) is 10.0 Å². The number of hydrogen-bond donors (Lipinski definition) is 0. The van der Waals surface area contributed by atoms with Gasteiger partial charge in [0.15, 0.2) is 0 Å². The van der Waals surface area contributed by atoms with E-state index in [-0.39, 0.29) is 6.10 Å². The Balaban J connectivity index is 1.62. The summed E-state index contributed by atoms with van der Waals surface area (Å²) in [5.41, 5.74) is 0.861. The van der Waals surface area contributed by atoms with Gasteiger partial charge in [0.25, 0.3) is 0 Å². The van der Waals surface area contributed by atoms with Crippen LogP contribution in [0.15, 0.2) is 60.3 Å². The van der Waals surface area contributed by atoms with Gasteiger partial charge < -0.3 is 4.74 Å². The fourth-order valence-corrected chi connectivity index (χ4v) is 3.68. The highest BCUT2D eigenvalue weighted by Gasteiger charge is 2.31. The molecule has 0 amide bonds. The van der Waals surface area contributed by atoms with E-state index in [4.69, 9.17) is 4.74 Å². The first-order valence-electron chi connectivity index (χ1n) is 7.43. The van der Waals surface area contributed by atoms with Crippen LogP contribution in [0.5, 0.6) is 5.75 Å². The van der Waals surface area contributed by atoms with Crippen molar-refractivity contribution in [2.24, 2.45) is 0 Å². The number of nitrogens with zero attached hydrogens (tertiary/aromatic N) is 2. The highest BCUT2D eigenvalue weighted by atomic mass is 32.2. The minimum Gasteiger partial charge on any atom is -0.489 e. The van der Waals surface area contributed by atoms with Gasteiger partial charge in [0.05, 0.1) is 6.54 Å². The molecule has 0 radical (unpaired) electrons. The van der Waals surface area contributed by atoms with Gasteiger partial charge >= 0.3 is 0 Å². The van der Waals surface area contributed by atoms with Crippen LogP contribution in [0, 0.1) is 0 Å². The van der Waals surface area contributed by atoms with Gasteiger partial charge in [-0.15, -0.1) is 0 Å². The van der Waals surface area contributed by atoms with Crippen molar-refractivity contribution in [3.05, 3.63) is 65.8 Å². The summed E-state index contributed by atoms with van der Waals surface area (Å²) in [6.45, 7) is 0.834. The van der Waals surface area contributed by atoms with Crippen molar-refractivity contribution in [2.75, 3.05) is 13.1 Å². The molecule has 3 rings (SSSR count). The van der Waals surface area contributed by atoms with Crippen LogP contribution in [0.4, 0.5) is 0 Å². The predicted octanol–water partition coefficient (Wildman–Crippen LogP) is 2.54. The molecule has 0 bridgehead atoms. The Kier molecular flexibility index (Phi) is 4.73. The topological polar surface area (TPSA) is 59.5 Å². The minimum absolute atomic E-state index is 0.127. The summed E-state index contributed by atoms with van der Waals surface area (Å²) < 4.78 is 32.0. The van der Waals surface area contributed by atoms with E-state index in [2.05, 4.69) is 4.98 Å². The Hall–Kier alpha value is -2.18. The zero-order valence-electron chi connectivity index (χ0n) is 12.6. The van der Waals surface area contributed by atoms with Crippen molar-refractivity contribution in [3.8, 4) is 5.75 Å². The minimum atomic E-state index is -3.42. The van der Waals surface area contributed by atoms with Crippen LogP contribution < -0.4 is 4.74 Å². The van der Waals surface area contributed by atoms with E-state index in [1.54, 1.807) is 30.6 Å². The molecule has 0 spiro atoms. The summed E-state index contributed by atoms with van der Waals surface area (Å²) in [6.07, 6.45) is 5.48. The van der Waals surface area contributed by atoms with Crippen LogP contribution >= 0.6 is 0 Å². The maximum absolute atomic E-state index is 12.4. The maximum Gasteiger partial charge on any atom is 0.236 e. The van der Waals surface area contributed by atoms with Crippen molar-refractivity contribution in [3.63, 3.8) is 0 Å². The molecular weight excluding hydrogens is 312 g/mol. The van der Waals surface area contributed by atoms with Gasteiger partial charge in [-0.2, -0.15) is 4.31 Å². The Morgan fingerprint density at radius 3 is 2.61 bits per heavy atom. The summed E-state index contributed by atoms with van der Waals surface area (Å²) in [4.78, 5) is 3.93. The van der Waals surface area contributed by atoms with Gasteiger partial charge in [-0.05, 0) is 30.2 Å². The van der Waals surface area contributed by atoms with E-state index in [1.807, 2.05) is 30.3 Å². The van der Waals surface area contributed by atoms with Crippen molar-refractivity contribution in [2.45, 2.75) is 12.5 Å². The third kappa shape index (κ3) is 4.18. The third-order valence-electron chi connectivity index (χ3n) is 3.65. The molecule has 1 fully saturated rings. The van der Waals surface area contributed by atoms with E-state index in [9.17, 15) is 8.42 Å². The van der Waals surface area contributed by atoms with Gasteiger partial charge in [0, 0.05) is 24.3 Å². The molecule has 1 aliphatic rings. The van der Waals surface area contributed by atoms with Crippen LogP contribution in [-0.4, -0.2) is 36.9 Å². The number of rotatable bonds is 5. The first-order chi connectivity index (χ1) is 11.1. The van der Waals surface area contributed by atoms with Crippen molar-refractivity contribution >= 4 is 16.1 Å². The van der Waals surface area contributed by atoms with Gasteiger partial charge in [0.2, 0.25) is 10.0 Å². The Morgan fingerprint density at radius 1 is 1.13 bits per heavy atom. The molecular formula is C17H18N2O3S. The second-order valence-electron chi connectivity index (χ2n) is 5.33. The number of hydrogen-bond acceptors (Lipinski definition) is 4. The Morgan fingerprint density at radius 2 is 1.87 bits per heavy atom. The normalized spacial score (nSPS) is 19.2. The number of sulfonamides is 1. The Bertz CT molecular complexity index is 761. The predicted molar refractivity (Wildman–Crippen MR) is 89.2 cm³/mol. The van der Waals surface area contributed by atoms with Crippen molar-refractivity contribution < 1.29 is 13.2 Å². The zero-order chi connectivity index (χ0) is 16.1. The van der Waals surface area contributed by atoms with E-state index in [0.717, 1.165) is 5.56 Å². The molecule has 6 heteroatoms. The van der Waals surface area contributed by atoms with E-state index in [1.165, 1.54) is 9.71 Å². The molecule has 120 valence electrons. The lowest BCUT2D eigenvalue weighted by Crippen LogP contribution is -2.29. The van der Waals surface area contributed by atoms with Crippen LogP contribution in [0.1, 0.15) is 12.0 Å². The lowest BCUT2D eigenvalue weighted by Gasteiger charge is -2.15. The molecule has 1 unspecified atom stereocenters. The second-order valence-corrected chi connectivity index (χ2v) is 7.15. The lowest BCUT2D eigenvalue weighted by atomic mass is 10.2. The molecule has 23 heavy (non-hydrogen) atoms. The molecule has 1 aromatic heterocycles. The highest BCUT2D eigenvalue weighted by Crippen LogP contribution is 2.20. The molecule has 2 heterocycles. The molecule has 1 saturated heterocycles. The average Bonchev–Trinajstić information content (AvgIpc) is 3.04. The third-order valence-corrected chi connectivity index (χ3v) is 5.18. The maximum atomic E-state index is 12.4. The van der Waals surface area contributed by atoms with Crippen LogP contribution in [0.2, 0.25) is 0 Å². The summed E-state index contributed by atoms with van der Waals surface area (Å²) in [6, 6.07) is 12.9. The first-order valence-corrected chi connectivity index (χ1v) is 8.94. The summed E-state index contributed by atoms with van der Waals surface area (Å²) in [7, 11) is -3.42. The van der Waals surface area contributed by atoms with Crippen LogP contribution in [0.3, 0.4) is 0 Å². The molecule has 1 aromatic carbocycles. The molecule has 1 aliphatic heterocycles. The largest absolute Gasteiger partial charge is 0.489 e. The fourth-order valence-electron chi connectivity index (χ4n) is 2.45. The average molecular weight is 330 g/mol. The second kappa shape index (κ2) is 6.93. The monoisotopic (exact) mass is 330 g/mol. The lowest BCUT2D eigenvalue weighted by molar-refractivity contribution is 0.215. The van der Waals surface area contributed by atoms with E-state index in [0.29, 0.717) is 25.3 Å². The molecule has 5 nitrogen and oxygen atoms in total. The van der Waals surface area contributed by atoms with Gasteiger partial charge in [-0.25, -0.2) is 8.42 Å².